The molecule has 1 aliphatic heterocycles. The summed E-state index contributed by atoms with van der Waals surface area (Å²) in [5.41, 5.74) is 0.110. The van der Waals surface area contributed by atoms with Gasteiger partial charge in [-0.1, -0.05) is 6.92 Å². The summed E-state index contributed by atoms with van der Waals surface area (Å²) in [6.07, 6.45) is 2.46. The number of carbonyl (C=O) groups excluding carboxylic acids is 1. The summed E-state index contributed by atoms with van der Waals surface area (Å²) in [6, 6.07) is 2.13. The Bertz CT molecular complexity index is 508. The van der Waals surface area contributed by atoms with E-state index in [1.807, 2.05) is 6.92 Å². The summed E-state index contributed by atoms with van der Waals surface area (Å²) in [7, 11) is 1.19. The molecule has 2 rings (SSSR count). The number of methoxy groups -OCH3 is 1. The van der Waals surface area contributed by atoms with Gasteiger partial charge in [-0.15, -0.1) is 0 Å². The molecule has 1 unspecified atom stereocenters. The summed E-state index contributed by atoms with van der Waals surface area (Å²) in [4.78, 5) is 12.0. The van der Waals surface area contributed by atoms with Crippen LogP contribution in [0.4, 0.5) is 14.5 Å². The number of amides is 1. The van der Waals surface area contributed by atoms with Crippen molar-refractivity contribution in [2.45, 2.75) is 26.2 Å². The lowest BCUT2D eigenvalue weighted by atomic mass is 9.84. The van der Waals surface area contributed by atoms with Gasteiger partial charge in [0.05, 0.1) is 7.11 Å². The molecule has 4 nitrogen and oxygen atoms in total. The Labute approximate surface area is 129 Å². The Morgan fingerprint density at radius 3 is 2.50 bits per heavy atom. The minimum absolute atomic E-state index is 0.110. The highest BCUT2D eigenvalue weighted by atomic mass is 19.1. The van der Waals surface area contributed by atoms with Gasteiger partial charge >= 0.3 is 0 Å². The van der Waals surface area contributed by atoms with Crippen LogP contribution in [0.3, 0.4) is 0 Å². The zero-order valence-electron chi connectivity index (χ0n) is 12.9. The predicted octanol–water partition coefficient (Wildman–Crippen LogP) is 2.94. The second-order valence-electron chi connectivity index (χ2n) is 5.79. The van der Waals surface area contributed by atoms with E-state index in [2.05, 4.69) is 15.4 Å². The van der Waals surface area contributed by atoms with Crippen LogP contribution >= 0.6 is 0 Å². The molecule has 1 aromatic rings. The number of piperidine rings is 1. The summed E-state index contributed by atoms with van der Waals surface area (Å²) in [5.74, 6) is -1.57. The number of nitrogens with one attached hydrogen (secondary N) is 2. The first-order valence-corrected chi connectivity index (χ1v) is 7.55. The first-order valence-electron chi connectivity index (χ1n) is 7.55. The third-order valence-corrected chi connectivity index (χ3v) is 4.18. The van der Waals surface area contributed by atoms with Gasteiger partial charge < -0.3 is 15.4 Å². The fourth-order valence-electron chi connectivity index (χ4n) is 2.91. The van der Waals surface area contributed by atoms with Crippen molar-refractivity contribution in [2.24, 2.45) is 11.8 Å². The van der Waals surface area contributed by atoms with Crippen molar-refractivity contribution in [1.82, 2.24) is 5.32 Å². The molecule has 0 aliphatic carbocycles. The Morgan fingerprint density at radius 1 is 1.36 bits per heavy atom. The van der Waals surface area contributed by atoms with Gasteiger partial charge in [-0.05, 0) is 37.8 Å². The number of ether oxygens (including phenoxy) is 1. The molecule has 2 N–H and O–H groups in total. The number of hydrogen-bond acceptors (Lipinski definition) is 3. The maximum atomic E-state index is 13.6. The SMILES string of the molecule is COc1c(F)cc(NC(=O)CC(C)C2CCNCC2)cc1F. The molecule has 1 amide bonds. The van der Waals surface area contributed by atoms with Crippen LogP contribution in [0.15, 0.2) is 12.1 Å². The molecule has 22 heavy (non-hydrogen) atoms. The van der Waals surface area contributed by atoms with E-state index in [1.165, 1.54) is 7.11 Å². The molecular formula is C16H22F2N2O2. The van der Waals surface area contributed by atoms with Gasteiger partial charge in [0.1, 0.15) is 0 Å². The molecule has 1 aromatic carbocycles. The smallest absolute Gasteiger partial charge is 0.224 e. The number of benzene rings is 1. The molecule has 1 aliphatic rings. The normalized spacial score (nSPS) is 17.1. The molecule has 0 spiro atoms. The Hall–Kier alpha value is -1.69. The van der Waals surface area contributed by atoms with Gasteiger partial charge in [0.15, 0.2) is 17.4 Å². The molecule has 1 saturated heterocycles. The lowest BCUT2D eigenvalue weighted by Gasteiger charge is -2.27. The summed E-state index contributed by atoms with van der Waals surface area (Å²) < 4.78 is 31.8. The average molecular weight is 312 g/mol. The molecule has 122 valence electrons. The Morgan fingerprint density at radius 2 is 1.95 bits per heavy atom. The number of hydrogen-bond donors (Lipinski definition) is 2. The molecule has 0 saturated carbocycles. The fourth-order valence-corrected chi connectivity index (χ4v) is 2.91. The van der Waals surface area contributed by atoms with E-state index in [-0.39, 0.29) is 17.5 Å². The van der Waals surface area contributed by atoms with Gasteiger partial charge in [0.2, 0.25) is 5.91 Å². The van der Waals surface area contributed by atoms with Crippen LogP contribution in [-0.4, -0.2) is 26.1 Å². The maximum absolute atomic E-state index is 13.6. The maximum Gasteiger partial charge on any atom is 0.224 e. The first kappa shape index (κ1) is 16.7. The van der Waals surface area contributed by atoms with Crippen LogP contribution in [0.25, 0.3) is 0 Å². The quantitative estimate of drug-likeness (QED) is 0.879. The molecule has 1 fully saturated rings. The van der Waals surface area contributed by atoms with E-state index in [0.717, 1.165) is 38.1 Å². The molecular weight excluding hydrogens is 290 g/mol. The van der Waals surface area contributed by atoms with Crippen molar-refractivity contribution < 1.29 is 18.3 Å². The topological polar surface area (TPSA) is 50.4 Å². The van der Waals surface area contributed by atoms with Gasteiger partial charge in [-0.3, -0.25) is 4.79 Å². The Kier molecular flexibility index (Phi) is 5.71. The molecule has 6 heteroatoms. The first-order chi connectivity index (χ1) is 10.5. The number of rotatable bonds is 5. The zero-order valence-corrected chi connectivity index (χ0v) is 12.9. The van der Waals surface area contributed by atoms with Crippen molar-refractivity contribution in [3.63, 3.8) is 0 Å². The fraction of sp³-hybridized carbons (Fsp3) is 0.562. The van der Waals surface area contributed by atoms with E-state index in [1.54, 1.807) is 0 Å². The second-order valence-corrected chi connectivity index (χ2v) is 5.79. The standard InChI is InChI=1S/C16H22F2N2O2/c1-10(11-3-5-19-6-4-11)7-15(21)20-12-8-13(17)16(22-2)14(18)9-12/h8-11,19H,3-7H2,1-2H3,(H,20,21). The van der Waals surface area contributed by atoms with Crippen LogP contribution in [0.2, 0.25) is 0 Å². The van der Waals surface area contributed by atoms with Crippen LogP contribution in [0, 0.1) is 23.5 Å². The van der Waals surface area contributed by atoms with Crippen LogP contribution in [0.1, 0.15) is 26.2 Å². The van der Waals surface area contributed by atoms with E-state index in [4.69, 9.17) is 0 Å². The minimum atomic E-state index is -0.829. The molecule has 1 heterocycles. The highest BCUT2D eigenvalue weighted by molar-refractivity contribution is 5.90. The highest BCUT2D eigenvalue weighted by Gasteiger charge is 2.22. The van der Waals surface area contributed by atoms with Crippen molar-refractivity contribution in [3.8, 4) is 5.75 Å². The van der Waals surface area contributed by atoms with Crippen molar-refractivity contribution in [2.75, 3.05) is 25.5 Å². The average Bonchev–Trinajstić information content (AvgIpc) is 2.47. The lowest BCUT2D eigenvalue weighted by Crippen LogP contribution is -2.32. The predicted molar refractivity (Wildman–Crippen MR) is 80.9 cm³/mol. The van der Waals surface area contributed by atoms with Crippen LogP contribution in [-0.2, 0) is 4.79 Å². The van der Waals surface area contributed by atoms with Crippen molar-refractivity contribution in [3.05, 3.63) is 23.8 Å². The van der Waals surface area contributed by atoms with E-state index < -0.39 is 17.4 Å². The number of halogens is 2. The lowest BCUT2D eigenvalue weighted by molar-refractivity contribution is -0.117. The van der Waals surface area contributed by atoms with Gasteiger partial charge in [0.25, 0.3) is 0 Å². The summed E-state index contributed by atoms with van der Waals surface area (Å²) in [6.45, 7) is 4.00. The van der Waals surface area contributed by atoms with E-state index >= 15 is 0 Å². The van der Waals surface area contributed by atoms with Gasteiger partial charge in [-0.2, -0.15) is 0 Å². The van der Waals surface area contributed by atoms with Crippen LogP contribution in [0.5, 0.6) is 5.75 Å². The van der Waals surface area contributed by atoms with Crippen LogP contribution < -0.4 is 15.4 Å². The number of anilines is 1. The Balaban J connectivity index is 1.94. The monoisotopic (exact) mass is 312 g/mol. The largest absolute Gasteiger partial charge is 0.491 e. The van der Waals surface area contributed by atoms with Gasteiger partial charge in [-0.25, -0.2) is 8.78 Å². The minimum Gasteiger partial charge on any atom is -0.491 e. The third kappa shape index (κ3) is 4.16. The summed E-state index contributed by atoms with van der Waals surface area (Å²) >= 11 is 0. The number of carbonyl (C=O) groups is 1. The molecule has 1 atom stereocenters. The molecule has 0 bridgehead atoms. The van der Waals surface area contributed by atoms with E-state index in [0.29, 0.717) is 12.3 Å². The highest BCUT2D eigenvalue weighted by Crippen LogP contribution is 2.27. The van der Waals surface area contributed by atoms with Crippen molar-refractivity contribution in [1.29, 1.82) is 0 Å². The van der Waals surface area contributed by atoms with E-state index in [9.17, 15) is 13.6 Å². The van der Waals surface area contributed by atoms with Crippen molar-refractivity contribution >= 4 is 11.6 Å². The van der Waals surface area contributed by atoms with Gasteiger partial charge in [0, 0.05) is 24.2 Å². The second kappa shape index (κ2) is 7.54. The third-order valence-electron chi connectivity index (χ3n) is 4.18. The molecule has 0 aromatic heterocycles. The zero-order chi connectivity index (χ0) is 16.1. The summed E-state index contributed by atoms with van der Waals surface area (Å²) in [5, 5.41) is 5.85. The molecule has 0 radical (unpaired) electrons.